The molecule has 0 saturated heterocycles. The van der Waals surface area contributed by atoms with Crippen LogP contribution in [-0.4, -0.2) is 20.9 Å². The fraction of sp³-hybridized carbons (Fsp3) is 0. The van der Waals surface area contributed by atoms with Crippen molar-refractivity contribution in [2.45, 2.75) is 0 Å². The van der Waals surface area contributed by atoms with Gasteiger partial charge in [-0.1, -0.05) is 0 Å². The Morgan fingerprint density at radius 1 is 1.58 bits per heavy atom. The molecule has 0 spiro atoms. The van der Waals surface area contributed by atoms with Crippen LogP contribution in [0.1, 0.15) is 10.4 Å². The van der Waals surface area contributed by atoms with Gasteiger partial charge < -0.3 is 4.98 Å². The number of aromatic nitrogens is 3. The molecule has 2 rings (SSSR count). The van der Waals surface area contributed by atoms with Gasteiger partial charge in [-0.3, -0.25) is 9.59 Å². The number of H-pyrrole nitrogens is 1. The second kappa shape index (κ2) is 2.30. The van der Waals surface area contributed by atoms with E-state index in [0.29, 0.717) is 17.5 Å². The van der Waals surface area contributed by atoms with E-state index in [9.17, 15) is 9.59 Å². The third-order valence-electron chi connectivity index (χ3n) is 1.56. The molecule has 0 atom stereocenters. The molecular weight excluding hydrogens is 158 g/mol. The number of aldehydes is 1. The summed E-state index contributed by atoms with van der Waals surface area (Å²) in [6.45, 7) is 0. The first-order valence-electron chi connectivity index (χ1n) is 3.33. The van der Waals surface area contributed by atoms with Gasteiger partial charge >= 0.3 is 0 Å². The summed E-state index contributed by atoms with van der Waals surface area (Å²) in [5.74, 6) is 0. The summed E-state index contributed by atoms with van der Waals surface area (Å²) in [5, 5.41) is 3.85. The number of hydrogen-bond donors (Lipinski definition) is 1. The van der Waals surface area contributed by atoms with Gasteiger partial charge in [0.2, 0.25) is 0 Å². The first-order chi connectivity index (χ1) is 5.81. The van der Waals surface area contributed by atoms with Gasteiger partial charge in [0.25, 0.3) is 5.56 Å². The highest BCUT2D eigenvalue weighted by Crippen LogP contribution is 2.00. The number of aromatic amines is 1. The molecule has 1 N–H and O–H groups in total. The summed E-state index contributed by atoms with van der Waals surface area (Å²) < 4.78 is 1.44. The summed E-state index contributed by atoms with van der Waals surface area (Å²) in [7, 11) is 0. The van der Waals surface area contributed by atoms with Crippen LogP contribution < -0.4 is 5.56 Å². The molecule has 0 radical (unpaired) electrons. The maximum atomic E-state index is 10.8. The Bertz CT molecular complexity index is 483. The lowest BCUT2D eigenvalue weighted by Gasteiger charge is -1.89. The minimum atomic E-state index is -0.244. The molecule has 5 nitrogen and oxygen atoms in total. The molecule has 0 amide bonds. The quantitative estimate of drug-likeness (QED) is 0.594. The van der Waals surface area contributed by atoms with Gasteiger partial charge in [-0.05, 0) is 0 Å². The van der Waals surface area contributed by atoms with Gasteiger partial charge in [-0.25, -0.2) is 4.52 Å². The first kappa shape index (κ1) is 6.78. The Hall–Kier alpha value is -1.91. The van der Waals surface area contributed by atoms with Crippen LogP contribution in [0.25, 0.3) is 5.65 Å². The van der Waals surface area contributed by atoms with Gasteiger partial charge in [-0.2, -0.15) is 5.10 Å². The van der Waals surface area contributed by atoms with Gasteiger partial charge in [-0.15, -0.1) is 0 Å². The van der Waals surface area contributed by atoms with Gasteiger partial charge in [0.1, 0.15) is 5.65 Å². The molecule has 2 heterocycles. The molecule has 0 bridgehead atoms. The summed E-state index contributed by atoms with van der Waals surface area (Å²) in [4.78, 5) is 23.8. The average Bonchev–Trinajstić information content (AvgIpc) is 2.46. The van der Waals surface area contributed by atoms with Crippen molar-refractivity contribution in [3.63, 3.8) is 0 Å². The van der Waals surface area contributed by atoms with E-state index in [1.54, 1.807) is 0 Å². The molecule has 0 aliphatic carbocycles. The lowest BCUT2D eigenvalue weighted by Crippen LogP contribution is -2.06. The average molecular weight is 163 g/mol. The Morgan fingerprint density at radius 3 is 3.17 bits per heavy atom. The van der Waals surface area contributed by atoms with E-state index >= 15 is 0 Å². The van der Waals surface area contributed by atoms with Crippen LogP contribution >= 0.6 is 0 Å². The number of nitrogens with one attached hydrogen (secondary N) is 1. The lowest BCUT2D eigenvalue weighted by atomic mass is 10.4. The number of fused-ring (bicyclic) bond motifs is 1. The van der Waals surface area contributed by atoms with Crippen LogP contribution in [-0.2, 0) is 0 Å². The topological polar surface area (TPSA) is 67.2 Å². The molecule has 0 saturated carbocycles. The summed E-state index contributed by atoms with van der Waals surface area (Å²) in [6, 6.07) is 1.34. The van der Waals surface area contributed by atoms with Crippen molar-refractivity contribution in [2.24, 2.45) is 0 Å². The molecular formula is C7H5N3O2. The third kappa shape index (κ3) is 0.833. The van der Waals surface area contributed by atoms with Crippen molar-refractivity contribution < 1.29 is 4.79 Å². The molecule has 2 aromatic heterocycles. The van der Waals surface area contributed by atoms with E-state index in [-0.39, 0.29) is 5.56 Å². The summed E-state index contributed by atoms with van der Waals surface area (Å²) in [5.41, 5.74) is 0.566. The van der Waals surface area contributed by atoms with Crippen LogP contribution in [0.4, 0.5) is 0 Å². The van der Waals surface area contributed by atoms with Crippen molar-refractivity contribution in [1.82, 2.24) is 14.6 Å². The fourth-order valence-electron chi connectivity index (χ4n) is 1.00. The highest BCUT2D eigenvalue weighted by molar-refractivity contribution is 5.83. The molecule has 2 aromatic rings. The normalized spacial score (nSPS) is 10.3. The van der Waals surface area contributed by atoms with Crippen molar-refractivity contribution in [1.29, 1.82) is 0 Å². The Kier molecular flexibility index (Phi) is 1.30. The standard InChI is InChI=1S/C7H5N3O2/c11-4-5-3-8-10-2-1-6(12)9-7(5)10/h1-4H,(H,9,12). The summed E-state index contributed by atoms with van der Waals surface area (Å²) in [6.07, 6.45) is 3.55. The van der Waals surface area contributed by atoms with E-state index in [0.717, 1.165) is 0 Å². The molecule has 0 aliphatic heterocycles. The van der Waals surface area contributed by atoms with Crippen molar-refractivity contribution in [2.75, 3.05) is 0 Å². The molecule has 0 fully saturated rings. The predicted molar refractivity (Wildman–Crippen MR) is 41.2 cm³/mol. The number of nitrogens with zero attached hydrogens (tertiary/aromatic N) is 2. The largest absolute Gasteiger partial charge is 0.306 e. The van der Waals surface area contributed by atoms with Crippen LogP contribution in [0, 0.1) is 0 Å². The zero-order valence-corrected chi connectivity index (χ0v) is 6.02. The zero-order valence-electron chi connectivity index (χ0n) is 6.02. The molecule has 5 heteroatoms. The Labute approximate surface area is 66.6 Å². The Morgan fingerprint density at radius 2 is 2.42 bits per heavy atom. The van der Waals surface area contributed by atoms with Crippen LogP contribution in [0.3, 0.4) is 0 Å². The first-order valence-corrected chi connectivity index (χ1v) is 3.33. The van der Waals surface area contributed by atoms with Crippen LogP contribution in [0.15, 0.2) is 23.3 Å². The molecule has 12 heavy (non-hydrogen) atoms. The van der Waals surface area contributed by atoms with E-state index in [1.807, 2.05) is 0 Å². The van der Waals surface area contributed by atoms with Gasteiger partial charge in [0, 0.05) is 12.3 Å². The fourth-order valence-corrected chi connectivity index (χ4v) is 1.00. The van der Waals surface area contributed by atoms with Crippen LogP contribution in [0.5, 0.6) is 0 Å². The van der Waals surface area contributed by atoms with Crippen molar-refractivity contribution >= 4 is 11.9 Å². The lowest BCUT2D eigenvalue weighted by molar-refractivity contribution is 0.112. The van der Waals surface area contributed by atoms with E-state index in [4.69, 9.17) is 0 Å². The highest BCUT2D eigenvalue weighted by atomic mass is 16.1. The second-order valence-electron chi connectivity index (χ2n) is 2.32. The monoisotopic (exact) mass is 163 g/mol. The van der Waals surface area contributed by atoms with Gasteiger partial charge in [0.05, 0.1) is 11.8 Å². The second-order valence-corrected chi connectivity index (χ2v) is 2.32. The number of rotatable bonds is 1. The van der Waals surface area contributed by atoms with Crippen LogP contribution in [0.2, 0.25) is 0 Å². The van der Waals surface area contributed by atoms with Gasteiger partial charge in [0.15, 0.2) is 6.29 Å². The summed E-state index contributed by atoms with van der Waals surface area (Å²) >= 11 is 0. The third-order valence-corrected chi connectivity index (χ3v) is 1.56. The maximum Gasteiger partial charge on any atom is 0.251 e. The van der Waals surface area contributed by atoms with E-state index in [1.165, 1.54) is 23.0 Å². The molecule has 60 valence electrons. The Balaban J connectivity index is 2.92. The smallest absolute Gasteiger partial charge is 0.251 e. The van der Waals surface area contributed by atoms with E-state index < -0.39 is 0 Å². The minimum absolute atomic E-state index is 0.244. The number of hydrogen-bond acceptors (Lipinski definition) is 3. The predicted octanol–water partition coefficient (Wildman–Crippen LogP) is -0.165. The molecule has 0 unspecified atom stereocenters. The molecule has 0 aliphatic rings. The maximum absolute atomic E-state index is 10.8. The molecule has 0 aromatic carbocycles. The minimum Gasteiger partial charge on any atom is -0.306 e. The highest BCUT2D eigenvalue weighted by Gasteiger charge is 2.01. The number of carbonyl (C=O) groups is 1. The van der Waals surface area contributed by atoms with Crippen molar-refractivity contribution in [3.8, 4) is 0 Å². The number of carbonyl (C=O) groups excluding carboxylic acids is 1. The van der Waals surface area contributed by atoms with Crippen molar-refractivity contribution in [3.05, 3.63) is 34.4 Å². The SMILES string of the molecule is O=Cc1cnn2ccc(=O)[nH]c12. The zero-order chi connectivity index (χ0) is 8.55. The van der Waals surface area contributed by atoms with E-state index in [2.05, 4.69) is 10.1 Å².